The Balaban J connectivity index is 1.98. The van der Waals surface area contributed by atoms with E-state index >= 15 is 0 Å². The maximum absolute atomic E-state index is 12.8. The number of rotatable bonds is 3. The van der Waals surface area contributed by atoms with Crippen LogP contribution in [0.25, 0.3) is 11.0 Å². The van der Waals surface area contributed by atoms with Gasteiger partial charge in [0, 0.05) is 0 Å². The van der Waals surface area contributed by atoms with Crippen LogP contribution in [0.2, 0.25) is 10.0 Å². The molecule has 2 aromatic carbocycles. The number of aromatic nitrogens is 2. The molecular weight excluding hydrogens is 458 g/mol. The second-order valence-electron chi connectivity index (χ2n) is 5.66. The van der Waals surface area contributed by atoms with Crippen molar-refractivity contribution in [1.82, 2.24) is 14.7 Å². The van der Waals surface area contributed by atoms with E-state index in [0.717, 1.165) is 12.1 Å². The zero-order chi connectivity index (χ0) is 21.6. The van der Waals surface area contributed by atoms with Crippen molar-refractivity contribution < 1.29 is 26.4 Å². The van der Waals surface area contributed by atoms with Crippen LogP contribution in [0.15, 0.2) is 46.1 Å². The van der Waals surface area contributed by atoms with E-state index in [1.165, 1.54) is 16.9 Å². The fraction of sp³-hybridized carbons (Fsp3) is 0.0625. The minimum absolute atomic E-state index is 0.0422. The minimum atomic E-state index is -4.78. The minimum Gasteiger partial charge on any atom is -0.319 e. The van der Waals surface area contributed by atoms with Gasteiger partial charge in [0.1, 0.15) is 0 Å². The van der Waals surface area contributed by atoms with Crippen molar-refractivity contribution in [3.63, 3.8) is 0 Å². The van der Waals surface area contributed by atoms with E-state index in [1.807, 2.05) is 0 Å². The van der Waals surface area contributed by atoms with Crippen molar-refractivity contribution in [3.8, 4) is 0 Å². The van der Waals surface area contributed by atoms with Crippen LogP contribution in [0.5, 0.6) is 0 Å². The van der Waals surface area contributed by atoms with E-state index in [-0.39, 0.29) is 21.1 Å². The van der Waals surface area contributed by atoms with Crippen molar-refractivity contribution in [1.29, 1.82) is 0 Å². The van der Waals surface area contributed by atoms with Gasteiger partial charge in [0.25, 0.3) is 21.5 Å². The van der Waals surface area contributed by atoms with Crippen molar-refractivity contribution in [3.05, 3.63) is 68.1 Å². The number of hydrogen-bond donors (Lipinski definition) is 2. The van der Waals surface area contributed by atoms with Gasteiger partial charge in [0.05, 0.1) is 31.5 Å². The molecule has 1 amide bonds. The van der Waals surface area contributed by atoms with Crippen molar-refractivity contribution in [2.45, 2.75) is 11.1 Å². The van der Waals surface area contributed by atoms with Crippen LogP contribution in [-0.4, -0.2) is 24.3 Å². The molecule has 0 bridgehead atoms. The van der Waals surface area contributed by atoms with E-state index in [2.05, 4.69) is 9.97 Å². The topological polar surface area (TPSA) is 109 Å². The monoisotopic (exact) mass is 465 g/mol. The average molecular weight is 466 g/mol. The molecule has 0 saturated heterocycles. The van der Waals surface area contributed by atoms with Gasteiger partial charge >= 0.3 is 6.18 Å². The molecule has 0 aliphatic carbocycles. The molecule has 0 spiro atoms. The highest BCUT2D eigenvalue weighted by Crippen LogP contribution is 2.30. The molecule has 1 heterocycles. The number of fused-ring (bicyclic) bond motifs is 1. The molecule has 0 fully saturated rings. The number of amides is 1. The van der Waals surface area contributed by atoms with Gasteiger partial charge in [-0.15, -0.1) is 0 Å². The molecule has 0 radical (unpaired) electrons. The predicted molar refractivity (Wildman–Crippen MR) is 98.5 cm³/mol. The maximum atomic E-state index is 12.8. The predicted octanol–water partition coefficient (Wildman–Crippen LogP) is 3.37. The summed E-state index contributed by atoms with van der Waals surface area (Å²) in [6.45, 7) is 0. The zero-order valence-corrected chi connectivity index (χ0v) is 16.2. The number of sulfonamides is 1. The quantitative estimate of drug-likeness (QED) is 0.616. The van der Waals surface area contributed by atoms with Gasteiger partial charge in [-0.3, -0.25) is 9.59 Å². The Bertz CT molecular complexity index is 1310. The van der Waals surface area contributed by atoms with Crippen LogP contribution in [0, 0.1) is 0 Å². The molecule has 2 N–H and O–H groups in total. The van der Waals surface area contributed by atoms with Crippen molar-refractivity contribution in [2.75, 3.05) is 0 Å². The van der Waals surface area contributed by atoms with Crippen LogP contribution >= 0.6 is 23.2 Å². The fourth-order valence-corrected chi connectivity index (χ4v) is 3.62. The number of nitrogens with zero attached hydrogens (tertiary/aromatic N) is 1. The van der Waals surface area contributed by atoms with Gasteiger partial charge in [-0.1, -0.05) is 29.3 Å². The average Bonchev–Trinajstić information content (AvgIpc) is 2.61. The van der Waals surface area contributed by atoms with E-state index in [9.17, 15) is 31.2 Å². The third-order valence-electron chi connectivity index (χ3n) is 3.65. The number of alkyl halides is 3. The summed E-state index contributed by atoms with van der Waals surface area (Å²) < 4.78 is 64.5. The van der Waals surface area contributed by atoms with E-state index in [0.29, 0.717) is 12.1 Å². The molecule has 7 nitrogen and oxygen atoms in total. The Kier molecular flexibility index (Phi) is 5.32. The van der Waals surface area contributed by atoms with Crippen LogP contribution in [0.1, 0.15) is 16.1 Å². The normalized spacial score (nSPS) is 12.2. The van der Waals surface area contributed by atoms with Crippen molar-refractivity contribution in [2.24, 2.45) is 0 Å². The largest absolute Gasteiger partial charge is 0.416 e. The Morgan fingerprint density at radius 1 is 1.10 bits per heavy atom. The highest BCUT2D eigenvalue weighted by atomic mass is 35.5. The van der Waals surface area contributed by atoms with Gasteiger partial charge in [-0.25, -0.2) is 18.1 Å². The van der Waals surface area contributed by atoms with E-state index in [4.69, 9.17) is 23.2 Å². The number of H-pyrrole nitrogens is 1. The number of nitrogens with one attached hydrogen (secondary N) is 2. The third-order valence-corrected chi connectivity index (χ3v) is 5.70. The second kappa shape index (κ2) is 7.32. The van der Waals surface area contributed by atoms with Gasteiger partial charge in [0.15, 0.2) is 5.69 Å². The summed E-state index contributed by atoms with van der Waals surface area (Å²) in [6.07, 6.45) is -4.78. The number of hydrogen-bond acceptors (Lipinski definition) is 5. The van der Waals surface area contributed by atoms with Crippen molar-refractivity contribution >= 4 is 50.2 Å². The van der Waals surface area contributed by atoms with Crippen LogP contribution < -0.4 is 10.3 Å². The smallest absolute Gasteiger partial charge is 0.319 e. The number of halogens is 5. The molecule has 13 heteroatoms. The SMILES string of the molecule is O=C(NS(=O)(=O)c1cccc(C(F)(F)F)c1)c1nc2cc(Cl)c(Cl)cc2[nH]c1=O. The van der Waals surface area contributed by atoms with Gasteiger partial charge in [-0.05, 0) is 30.3 Å². The van der Waals surface area contributed by atoms with Gasteiger partial charge in [0.2, 0.25) is 0 Å². The third kappa shape index (κ3) is 4.36. The Morgan fingerprint density at radius 2 is 1.76 bits per heavy atom. The van der Waals surface area contributed by atoms with E-state index in [1.54, 1.807) is 0 Å². The molecule has 0 atom stereocenters. The first-order valence-corrected chi connectivity index (χ1v) is 9.76. The van der Waals surface area contributed by atoms with Crippen LogP contribution in [0.3, 0.4) is 0 Å². The molecule has 1 aromatic heterocycles. The Hall–Kier alpha value is -2.63. The summed E-state index contributed by atoms with van der Waals surface area (Å²) >= 11 is 11.7. The lowest BCUT2D eigenvalue weighted by Gasteiger charge is -2.10. The summed E-state index contributed by atoms with van der Waals surface area (Å²) in [4.78, 5) is 29.6. The summed E-state index contributed by atoms with van der Waals surface area (Å²) in [5.41, 5.74) is -2.90. The lowest BCUT2D eigenvalue weighted by atomic mass is 10.2. The zero-order valence-electron chi connectivity index (χ0n) is 13.8. The molecule has 0 aliphatic heterocycles. The highest BCUT2D eigenvalue weighted by molar-refractivity contribution is 7.90. The summed E-state index contributed by atoms with van der Waals surface area (Å²) in [6, 6.07) is 5.29. The first kappa shape index (κ1) is 21.1. The summed E-state index contributed by atoms with van der Waals surface area (Å²) in [5.74, 6) is -1.43. The molecule has 0 aliphatic rings. The highest BCUT2D eigenvalue weighted by Gasteiger charge is 2.32. The lowest BCUT2D eigenvalue weighted by molar-refractivity contribution is -0.137. The Labute approximate surface area is 170 Å². The molecule has 29 heavy (non-hydrogen) atoms. The number of carbonyl (C=O) groups excluding carboxylic acids is 1. The molecule has 3 rings (SSSR count). The first-order valence-electron chi connectivity index (χ1n) is 7.52. The standard InChI is InChI=1S/C16H8Cl2F3N3O4S/c17-9-5-11-12(6-10(9)18)23-14(25)13(22-11)15(26)24-29(27,28)8-3-1-2-7(4-8)16(19,20)21/h1-6H,(H,23,25)(H,24,26). The molecule has 152 valence electrons. The molecule has 3 aromatic rings. The van der Waals surface area contributed by atoms with Gasteiger partial charge < -0.3 is 4.98 Å². The first-order chi connectivity index (χ1) is 13.4. The van der Waals surface area contributed by atoms with Crippen LogP contribution in [-0.2, 0) is 16.2 Å². The molecule has 0 unspecified atom stereocenters. The fourth-order valence-electron chi connectivity index (χ4n) is 2.30. The van der Waals surface area contributed by atoms with Gasteiger partial charge in [-0.2, -0.15) is 13.2 Å². The number of benzene rings is 2. The maximum Gasteiger partial charge on any atom is 0.416 e. The molecule has 0 saturated carbocycles. The molecular formula is C16H8Cl2F3N3O4S. The van der Waals surface area contributed by atoms with E-state index < -0.39 is 43.8 Å². The summed E-state index contributed by atoms with van der Waals surface area (Å²) in [7, 11) is -4.71. The number of aromatic amines is 1. The Morgan fingerprint density at radius 3 is 2.41 bits per heavy atom. The summed E-state index contributed by atoms with van der Waals surface area (Å²) in [5, 5.41) is 0.183. The second-order valence-corrected chi connectivity index (χ2v) is 8.16. The number of carbonyl (C=O) groups is 1. The lowest BCUT2D eigenvalue weighted by Crippen LogP contribution is -2.35. The van der Waals surface area contributed by atoms with Crippen LogP contribution in [0.4, 0.5) is 13.2 Å².